The minimum atomic E-state index is -0.423. The van der Waals surface area contributed by atoms with Crippen molar-refractivity contribution in [3.8, 4) is 0 Å². The molecule has 4 rings (SSSR count). The molecule has 6 heteroatoms. The third-order valence-corrected chi connectivity index (χ3v) is 5.82. The first-order chi connectivity index (χ1) is 12.1. The number of piperidine rings is 1. The average Bonchev–Trinajstić information content (AvgIpc) is 3.04. The number of H-pyrrole nitrogens is 1. The van der Waals surface area contributed by atoms with Crippen LogP contribution in [-0.2, 0) is 9.53 Å². The van der Waals surface area contributed by atoms with Gasteiger partial charge in [-0.05, 0) is 37.8 Å². The highest BCUT2D eigenvalue weighted by Crippen LogP contribution is 2.50. The molecule has 6 nitrogen and oxygen atoms in total. The van der Waals surface area contributed by atoms with Crippen molar-refractivity contribution in [1.82, 2.24) is 9.88 Å². The van der Waals surface area contributed by atoms with Crippen molar-refractivity contribution >= 4 is 22.7 Å². The van der Waals surface area contributed by atoms with Crippen LogP contribution in [0.4, 0.5) is 0 Å². The number of fused-ring (bicyclic) bond motifs is 1. The van der Waals surface area contributed by atoms with E-state index < -0.39 is 5.91 Å². The van der Waals surface area contributed by atoms with E-state index in [0.29, 0.717) is 5.69 Å². The Hall–Kier alpha value is -2.34. The number of ether oxygens (including phenoxy) is 1. The molecular weight excluding hydrogens is 318 g/mol. The lowest BCUT2D eigenvalue weighted by Gasteiger charge is -2.53. The van der Waals surface area contributed by atoms with Gasteiger partial charge in [-0.25, -0.2) is 0 Å². The number of aromatic nitrogens is 1. The Bertz CT molecular complexity index is 772. The molecule has 1 aliphatic carbocycles. The van der Waals surface area contributed by atoms with Crippen molar-refractivity contribution in [3.63, 3.8) is 0 Å². The van der Waals surface area contributed by atoms with E-state index in [0.717, 1.165) is 49.7 Å². The van der Waals surface area contributed by atoms with Gasteiger partial charge in [-0.3, -0.25) is 9.59 Å². The van der Waals surface area contributed by atoms with Gasteiger partial charge in [-0.2, -0.15) is 0 Å². The third-order valence-electron chi connectivity index (χ3n) is 5.82. The van der Waals surface area contributed by atoms with Gasteiger partial charge in [0.05, 0.1) is 6.10 Å². The zero-order valence-electron chi connectivity index (χ0n) is 14.2. The first-order valence-electron chi connectivity index (χ1n) is 8.84. The molecule has 1 aromatic heterocycles. The molecule has 0 bridgehead atoms. The van der Waals surface area contributed by atoms with Crippen LogP contribution < -0.4 is 5.73 Å². The van der Waals surface area contributed by atoms with Gasteiger partial charge in [0.15, 0.2) is 0 Å². The molecule has 1 atom stereocenters. The highest BCUT2D eigenvalue weighted by molar-refractivity contribution is 5.98. The van der Waals surface area contributed by atoms with E-state index in [9.17, 15) is 9.59 Å². The van der Waals surface area contributed by atoms with Crippen molar-refractivity contribution in [1.29, 1.82) is 0 Å². The normalized spacial score (nSPS) is 22.1. The molecule has 25 heavy (non-hydrogen) atoms. The van der Waals surface area contributed by atoms with E-state index in [1.165, 1.54) is 0 Å². The number of nitrogens with one attached hydrogen (secondary N) is 1. The smallest absolute Gasteiger partial charge is 0.270 e. The maximum absolute atomic E-state index is 12.8. The molecule has 1 saturated carbocycles. The molecule has 1 aromatic carbocycles. The van der Waals surface area contributed by atoms with Gasteiger partial charge >= 0.3 is 0 Å². The summed E-state index contributed by atoms with van der Waals surface area (Å²) in [5.41, 5.74) is 6.92. The van der Waals surface area contributed by atoms with E-state index in [4.69, 9.17) is 10.5 Å². The Balaban J connectivity index is 1.40. The van der Waals surface area contributed by atoms with Gasteiger partial charge in [0, 0.05) is 29.4 Å². The van der Waals surface area contributed by atoms with E-state index >= 15 is 0 Å². The Kier molecular flexibility index (Phi) is 4.00. The number of nitrogens with two attached hydrogens (primary N) is 1. The lowest BCUT2D eigenvalue weighted by molar-refractivity contribution is -0.149. The molecule has 1 unspecified atom stereocenters. The summed E-state index contributed by atoms with van der Waals surface area (Å²) in [6, 6.07) is 9.83. The third kappa shape index (κ3) is 2.91. The van der Waals surface area contributed by atoms with Crippen LogP contribution in [-0.4, -0.2) is 47.5 Å². The van der Waals surface area contributed by atoms with Crippen molar-refractivity contribution in [3.05, 3.63) is 36.0 Å². The number of hydrogen-bond acceptors (Lipinski definition) is 3. The number of likely N-dealkylation sites (tertiary alicyclic amines) is 1. The minimum Gasteiger partial charge on any atom is -0.368 e. The molecule has 3 N–H and O–H groups in total. The first kappa shape index (κ1) is 16.1. The van der Waals surface area contributed by atoms with Crippen molar-refractivity contribution in [2.45, 2.75) is 31.8 Å². The lowest BCUT2D eigenvalue weighted by Crippen LogP contribution is -2.54. The number of primary amides is 1. The van der Waals surface area contributed by atoms with Crippen LogP contribution in [0.15, 0.2) is 30.3 Å². The van der Waals surface area contributed by atoms with E-state index in [-0.39, 0.29) is 24.0 Å². The van der Waals surface area contributed by atoms with Crippen LogP contribution >= 0.6 is 0 Å². The molecule has 2 aliphatic rings. The van der Waals surface area contributed by atoms with Crippen LogP contribution in [0.3, 0.4) is 0 Å². The van der Waals surface area contributed by atoms with Crippen LogP contribution in [0.5, 0.6) is 0 Å². The Morgan fingerprint density at radius 3 is 2.64 bits per heavy atom. The van der Waals surface area contributed by atoms with Gasteiger partial charge in [-0.15, -0.1) is 0 Å². The van der Waals surface area contributed by atoms with Crippen LogP contribution in [0, 0.1) is 5.41 Å². The number of amides is 2. The maximum atomic E-state index is 12.8. The summed E-state index contributed by atoms with van der Waals surface area (Å²) in [6.07, 6.45) is 4.02. The van der Waals surface area contributed by atoms with Gasteiger partial charge in [0.1, 0.15) is 12.3 Å². The summed E-state index contributed by atoms with van der Waals surface area (Å²) < 4.78 is 5.67. The van der Waals surface area contributed by atoms with Gasteiger partial charge < -0.3 is 20.4 Å². The molecule has 1 saturated heterocycles. The topological polar surface area (TPSA) is 88.4 Å². The average molecular weight is 341 g/mol. The number of aromatic amines is 1. The summed E-state index contributed by atoms with van der Waals surface area (Å²) in [6.45, 7) is 1.44. The highest BCUT2D eigenvalue weighted by Gasteiger charge is 2.49. The maximum Gasteiger partial charge on any atom is 0.270 e. The SMILES string of the molecule is NC(=O)COC1CCC12CCN(C(=O)c1cc3ccccc3[nH]1)CC2. The first-order valence-corrected chi connectivity index (χ1v) is 8.84. The largest absolute Gasteiger partial charge is 0.368 e. The standard InChI is InChI=1S/C19H23N3O3/c20-17(23)12-25-16-5-6-19(16)7-9-22(10-8-19)18(24)15-11-13-3-1-2-4-14(13)21-15/h1-4,11,16,21H,5-10,12H2,(H2,20,23). The second-order valence-corrected chi connectivity index (χ2v) is 7.23. The summed E-state index contributed by atoms with van der Waals surface area (Å²) in [5, 5.41) is 1.05. The number of para-hydroxylation sites is 1. The summed E-state index contributed by atoms with van der Waals surface area (Å²) in [7, 11) is 0. The fraction of sp³-hybridized carbons (Fsp3) is 0.474. The van der Waals surface area contributed by atoms with Crippen molar-refractivity contribution in [2.75, 3.05) is 19.7 Å². The number of hydrogen-bond donors (Lipinski definition) is 2. The van der Waals surface area contributed by atoms with E-state index in [1.54, 1.807) is 0 Å². The molecule has 1 aliphatic heterocycles. The molecule has 2 amide bonds. The summed E-state index contributed by atoms with van der Waals surface area (Å²) in [5.74, 6) is -0.367. The van der Waals surface area contributed by atoms with E-state index in [2.05, 4.69) is 4.98 Å². The zero-order chi connectivity index (χ0) is 17.4. The number of rotatable bonds is 4. The highest BCUT2D eigenvalue weighted by atomic mass is 16.5. The fourth-order valence-electron chi connectivity index (χ4n) is 4.20. The van der Waals surface area contributed by atoms with Crippen LogP contribution in [0.2, 0.25) is 0 Å². The summed E-state index contributed by atoms with van der Waals surface area (Å²) >= 11 is 0. The molecule has 0 radical (unpaired) electrons. The number of benzene rings is 1. The molecule has 2 aromatic rings. The molecule has 2 heterocycles. The minimum absolute atomic E-state index is 0.00980. The summed E-state index contributed by atoms with van der Waals surface area (Å²) in [4.78, 5) is 28.8. The van der Waals surface area contributed by atoms with E-state index in [1.807, 2.05) is 35.2 Å². The fourth-order valence-corrected chi connectivity index (χ4v) is 4.20. The molecule has 132 valence electrons. The van der Waals surface area contributed by atoms with Crippen molar-refractivity contribution < 1.29 is 14.3 Å². The molecule has 2 fully saturated rings. The lowest BCUT2D eigenvalue weighted by atomic mass is 9.60. The quantitative estimate of drug-likeness (QED) is 0.892. The van der Waals surface area contributed by atoms with Crippen molar-refractivity contribution in [2.24, 2.45) is 11.1 Å². The zero-order valence-corrected chi connectivity index (χ0v) is 14.2. The Morgan fingerprint density at radius 2 is 2.00 bits per heavy atom. The number of nitrogens with zero attached hydrogens (tertiary/aromatic N) is 1. The molecular formula is C19H23N3O3. The molecule has 1 spiro atoms. The van der Waals surface area contributed by atoms with Gasteiger partial charge in [-0.1, -0.05) is 18.2 Å². The predicted octanol–water partition coefficient (Wildman–Crippen LogP) is 2.05. The van der Waals surface area contributed by atoms with Crippen LogP contribution in [0.1, 0.15) is 36.2 Å². The second-order valence-electron chi connectivity index (χ2n) is 7.23. The Labute approximate surface area is 146 Å². The van der Waals surface area contributed by atoms with Gasteiger partial charge in [0.2, 0.25) is 5.91 Å². The number of carbonyl (C=O) groups excluding carboxylic acids is 2. The predicted molar refractivity (Wildman–Crippen MR) is 94.0 cm³/mol. The van der Waals surface area contributed by atoms with Gasteiger partial charge in [0.25, 0.3) is 5.91 Å². The number of carbonyl (C=O) groups is 2. The second kappa shape index (κ2) is 6.19. The monoisotopic (exact) mass is 341 g/mol. The van der Waals surface area contributed by atoms with Crippen LogP contribution in [0.25, 0.3) is 10.9 Å². The Morgan fingerprint density at radius 1 is 1.24 bits per heavy atom.